The number of rotatable bonds is 2. The lowest BCUT2D eigenvalue weighted by Gasteiger charge is -2.36. The van der Waals surface area contributed by atoms with Gasteiger partial charge in [0.2, 0.25) is 0 Å². The first kappa shape index (κ1) is 19.4. The minimum Gasteiger partial charge on any atom is -0.444 e. The molecule has 4 rings (SSSR count). The summed E-state index contributed by atoms with van der Waals surface area (Å²) in [6.45, 7) is 8.35. The van der Waals surface area contributed by atoms with E-state index < -0.39 is 5.60 Å². The molecule has 1 amide bonds. The Bertz CT molecular complexity index is 1020. The number of thiazole rings is 1. The molecule has 1 aliphatic heterocycles. The van der Waals surface area contributed by atoms with Crippen molar-refractivity contribution in [1.29, 1.82) is 0 Å². The highest BCUT2D eigenvalue weighted by atomic mass is 32.1. The van der Waals surface area contributed by atoms with Crippen LogP contribution < -0.4 is 10.6 Å². The first-order chi connectivity index (χ1) is 13.8. The predicted molar refractivity (Wildman–Crippen MR) is 117 cm³/mol. The van der Waals surface area contributed by atoms with Crippen molar-refractivity contribution >= 4 is 39.2 Å². The summed E-state index contributed by atoms with van der Waals surface area (Å²) < 4.78 is 6.53. The Morgan fingerprint density at radius 3 is 2.55 bits per heavy atom. The second-order valence-electron chi connectivity index (χ2n) is 8.11. The zero-order valence-electron chi connectivity index (χ0n) is 16.9. The van der Waals surface area contributed by atoms with Crippen LogP contribution in [0.15, 0.2) is 36.5 Å². The lowest BCUT2D eigenvalue weighted by atomic mass is 10.2. The molecule has 1 fully saturated rings. The first-order valence-electron chi connectivity index (χ1n) is 9.64. The number of benzene rings is 1. The van der Waals surface area contributed by atoms with Gasteiger partial charge in [-0.2, -0.15) is 0 Å². The Balaban J connectivity index is 1.41. The number of nitrogens with zero attached hydrogens (tertiary/aromatic N) is 4. The van der Waals surface area contributed by atoms with E-state index in [-0.39, 0.29) is 6.09 Å². The van der Waals surface area contributed by atoms with E-state index in [1.807, 2.05) is 57.3 Å². The Morgan fingerprint density at radius 2 is 1.90 bits per heavy atom. The van der Waals surface area contributed by atoms with Crippen LogP contribution in [-0.2, 0) is 4.74 Å². The Morgan fingerprint density at radius 1 is 1.14 bits per heavy atom. The number of nitrogens with two attached hydrogens (primary N) is 1. The normalized spacial score (nSPS) is 15.0. The number of nitrogen functional groups attached to an aromatic ring is 1. The van der Waals surface area contributed by atoms with Crippen molar-refractivity contribution in [3.05, 3.63) is 36.5 Å². The van der Waals surface area contributed by atoms with Gasteiger partial charge in [0.1, 0.15) is 16.4 Å². The van der Waals surface area contributed by atoms with E-state index in [4.69, 9.17) is 10.5 Å². The number of aromatic nitrogens is 2. The van der Waals surface area contributed by atoms with Crippen LogP contribution in [0.25, 0.3) is 20.8 Å². The molecule has 2 N–H and O–H groups in total. The van der Waals surface area contributed by atoms with Gasteiger partial charge in [0.25, 0.3) is 0 Å². The van der Waals surface area contributed by atoms with Crippen molar-refractivity contribution in [2.45, 2.75) is 26.4 Å². The van der Waals surface area contributed by atoms with Gasteiger partial charge in [0.05, 0.1) is 10.2 Å². The Hall–Kier alpha value is -2.87. The molecule has 0 saturated carbocycles. The number of amides is 1. The number of carbonyl (C=O) groups is 1. The molecule has 8 heteroatoms. The maximum Gasteiger partial charge on any atom is 0.410 e. The number of ether oxygens (including phenoxy) is 1. The zero-order valence-corrected chi connectivity index (χ0v) is 17.7. The second-order valence-corrected chi connectivity index (χ2v) is 9.14. The van der Waals surface area contributed by atoms with Crippen LogP contribution in [0, 0.1) is 0 Å². The smallest absolute Gasteiger partial charge is 0.410 e. The third kappa shape index (κ3) is 4.42. The second kappa shape index (κ2) is 7.51. The van der Waals surface area contributed by atoms with Gasteiger partial charge in [-0.15, -0.1) is 11.3 Å². The van der Waals surface area contributed by atoms with Crippen LogP contribution >= 0.6 is 11.3 Å². The average molecular weight is 412 g/mol. The molecule has 0 unspecified atom stereocenters. The van der Waals surface area contributed by atoms with Crippen molar-refractivity contribution in [3.63, 3.8) is 0 Å². The summed E-state index contributed by atoms with van der Waals surface area (Å²) in [5.74, 6) is 0.906. The van der Waals surface area contributed by atoms with Crippen molar-refractivity contribution in [2.24, 2.45) is 0 Å². The topological polar surface area (TPSA) is 84.6 Å². The maximum absolute atomic E-state index is 12.2. The monoisotopic (exact) mass is 411 g/mol. The Kier molecular flexibility index (Phi) is 5.04. The standard InChI is InChI=1S/C21H25N5O2S/c1-21(2,3)28-20(27)26-10-8-25(9-11-26)18-7-4-14(13-23-18)19-24-16-6-5-15(22)12-17(16)29-19/h4-7,12-13H,8-11,22H2,1-3H3. The summed E-state index contributed by atoms with van der Waals surface area (Å²) in [5, 5.41) is 0.930. The zero-order chi connectivity index (χ0) is 20.6. The summed E-state index contributed by atoms with van der Waals surface area (Å²) in [6, 6.07) is 9.81. The van der Waals surface area contributed by atoms with E-state index in [0.717, 1.165) is 45.4 Å². The van der Waals surface area contributed by atoms with Crippen LogP contribution in [0.5, 0.6) is 0 Å². The summed E-state index contributed by atoms with van der Waals surface area (Å²) in [7, 11) is 0. The maximum atomic E-state index is 12.2. The van der Waals surface area contributed by atoms with Crippen LogP contribution in [0.1, 0.15) is 20.8 Å². The summed E-state index contributed by atoms with van der Waals surface area (Å²) in [4.78, 5) is 25.5. The van der Waals surface area contributed by atoms with Crippen molar-refractivity contribution < 1.29 is 9.53 Å². The molecule has 1 aliphatic rings. The summed E-state index contributed by atoms with van der Waals surface area (Å²) in [5.41, 5.74) is 8.06. The SMILES string of the molecule is CC(C)(C)OC(=O)N1CCN(c2ccc(-c3nc4ccc(N)cc4s3)cn2)CC1. The first-order valence-corrected chi connectivity index (χ1v) is 10.5. The molecule has 0 spiro atoms. The molecular weight excluding hydrogens is 386 g/mol. The largest absolute Gasteiger partial charge is 0.444 e. The van der Waals surface area contributed by atoms with Gasteiger partial charge in [-0.25, -0.2) is 14.8 Å². The van der Waals surface area contributed by atoms with E-state index in [9.17, 15) is 4.79 Å². The third-order valence-electron chi connectivity index (χ3n) is 4.66. The summed E-state index contributed by atoms with van der Waals surface area (Å²) >= 11 is 1.61. The average Bonchev–Trinajstić information content (AvgIpc) is 3.10. The minimum atomic E-state index is -0.474. The molecule has 1 aromatic carbocycles. The number of hydrogen-bond donors (Lipinski definition) is 1. The quantitative estimate of drug-likeness (QED) is 0.642. The minimum absolute atomic E-state index is 0.253. The van der Waals surface area contributed by atoms with E-state index in [2.05, 4.69) is 14.9 Å². The van der Waals surface area contributed by atoms with Crippen molar-refractivity contribution in [2.75, 3.05) is 36.8 Å². The van der Waals surface area contributed by atoms with E-state index in [1.54, 1.807) is 16.2 Å². The van der Waals surface area contributed by atoms with Gasteiger partial charge in [-0.3, -0.25) is 0 Å². The van der Waals surface area contributed by atoms with Crippen molar-refractivity contribution in [3.8, 4) is 10.6 Å². The Labute approximate surface area is 174 Å². The number of fused-ring (bicyclic) bond motifs is 1. The van der Waals surface area contributed by atoms with Crippen molar-refractivity contribution in [1.82, 2.24) is 14.9 Å². The molecule has 0 bridgehead atoms. The van der Waals surface area contributed by atoms with Gasteiger partial charge >= 0.3 is 6.09 Å². The van der Waals surface area contributed by atoms with E-state index in [1.165, 1.54) is 0 Å². The van der Waals surface area contributed by atoms with E-state index in [0.29, 0.717) is 13.1 Å². The predicted octanol–water partition coefficient (Wildman–Crippen LogP) is 4.00. The molecule has 1 saturated heterocycles. The molecular formula is C21H25N5O2S. The van der Waals surface area contributed by atoms with Gasteiger partial charge in [-0.1, -0.05) is 0 Å². The molecule has 2 aromatic heterocycles. The fourth-order valence-electron chi connectivity index (χ4n) is 3.21. The number of piperazine rings is 1. The van der Waals surface area contributed by atoms with Gasteiger partial charge in [0.15, 0.2) is 0 Å². The number of hydrogen-bond acceptors (Lipinski definition) is 7. The molecule has 7 nitrogen and oxygen atoms in total. The van der Waals surface area contributed by atoms with E-state index >= 15 is 0 Å². The lowest BCUT2D eigenvalue weighted by Crippen LogP contribution is -2.50. The molecule has 3 aromatic rings. The molecule has 29 heavy (non-hydrogen) atoms. The highest BCUT2D eigenvalue weighted by Gasteiger charge is 2.26. The van der Waals surface area contributed by atoms with Gasteiger partial charge < -0.3 is 20.3 Å². The fourth-order valence-corrected chi connectivity index (χ4v) is 4.21. The summed E-state index contributed by atoms with van der Waals surface area (Å²) in [6.07, 6.45) is 1.60. The molecule has 0 radical (unpaired) electrons. The number of carbonyl (C=O) groups excluding carboxylic acids is 1. The molecule has 0 aliphatic carbocycles. The van der Waals surface area contributed by atoms with Crippen LogP contribution in [-0.4, -0.2) is 52.7 Å². The molecule has 0 atom stereocenters. The van der Waals surface area contributed by atoms with Crippen LogP contribution in [0.4, 0.5) is 16.3 Å². The van der Waals surface area contributed by atoms with Gasteiger partial charge in [-0.05, 0) is 51.1 Å². The fraction of sp³-hybridized carbons (Fsp3) is 0.381. The van der Waals surface area contributed by atoms with Gasteiger partial charge in [0, 0.05) is 43.6 Å². The van der Waals surface area contributed by atoms with Crippen LogP contribution in [0.2, 0.25) is 0 Å². The third-order valence-corrected chi connectivity index (χ3v) is 5.73. The lowest BCUT2D eigenvalue weighted by molar-refractivity contribution is 0.0240. The molecule has 152 valence electrons. The molecule has 3 heterocycles. The highest BCUT2D eigenvalue weighted by molar-refractivity contribution is 7.21. The number of anilines is 2. The number of pyridine rings is 1. The highest BCUT2D eigenvalue weighted by Crippen LogP contribution is 2.31. The van der Waals surface area contributed by atoms with Crippen LogP contribution in [0.3, 0.4) is 0 Å².